The molecular weight excluding hydrogens is 383 g/mol. The molecular formula is C17H10ClFN2O4S. The average Bonchev–Trinajstić information content (AvgIpc) is 2.99. The molecule has 0 spiro atoms. The predicted molar refractivity (Wildman–Crippen MR) is 95.3 cm³/mol. The summed E-state index contributed by atoms with van der Waals surface area (Å²) >= 11 is 7.03. The van der Waals surface area contributed by atoms with E-state index in [1.54, 1.807) is 19.1 Å². The van der Waals surface area contributed by atoms with Crippen LogP contribution in [0.3, 0.4) is 0 Å². The maximum Gasteiger partial charge on any atom is 0.355 e. The van der Waals surface area contributed by atoms with Gasteiger partial charge in [0.1, 0.15) is 21.5 Å². The second-order valence-electron chi connectivity index (χ2n) is 5.20. The summed E-state index contributed by atoms with van der Waals surface area (Å²) in [4.78, 5) is 27.1. The van der Waals surface area contributed by atoms with Crippen molar-refractivity contribution in [3.8, 4) is 16.3 Å². The number of carbonyl (C=O) groups excluding carboxylic acids is 1. The normalized spacial score (nSPS) is 10.6. The number of halogens is 2. The van der Waals surface area contributed by atoms with Crippen molar-refractivity contribution in [3.05, 3.63) is 74.0 Å². The molecule has 3 aromatic rings. The third-order valence-corrected chi connectivity index (χ3v) is 4.88. The fraction of sp³-hybridized carbons (Fsp3) is 0.0588. The topological polar surface area (TPSA) is 82.3 Å². The monoisotopic (exact) mass is 392 g/mol. The SMILES string of the molecule is Cc1nc(-c2ccc(F)cc2)sc1C(=O)Oc1ccc([N+](=O)[O-])cc1Cl. The zero-order valence-electron chi connectivity index (χ0n) is 13.2. The van der Waals surface area contributed by atoms with E-state index in [9.17, 15) is 19.3 Å². The van der Waals surface area contributed by atoms with E-state index < -0.39 is 10.9 Å². The molecule has 0 fully saturated rings. The summed E-state index contributed by atoms with van der Waals surface area (Å²) in [6.07, 6.45) is 0. The van der Waals surface area contributed by atoms with Gasteiger partial charge in [-0.3, -0.25) is 10.1 Å². The Morgan fingerprint density at radius 2 is 1.96 bits per heavy atom. The number of nitrogens with zero attached hydrogens (tertiary/aromatic N) is 2. The summed E-state index contributed by atoms with van der Waals surface area (Å²) in [5, 5.41) is 11.2. The summed E-state index contributed by atoms with van der Waals surface area (Å²) < 4.78 is 18.3. The number of rotatable bonds is 4. The van der Waals surface area contributed by atoms with Gasteiger partial charge in [-0.2, -0.15) is 0 Å². The molecule has 26 heavy (non-hydrogen) atoms. The molecule has 6 nitrogen and oxygen atoms in total. The number of hydrogen-bond acceptors (Lipinski definition) is 6. The number of carbonyl (C=O) groups is 1. The first kappa shape index (κ1) is 18.0. The van der Waals surface area contributed by atoms with Gasteiger partial charge in [0, 0.05) is 17.7 Å². The van der Waals surface area contributed by atoms with Crippen molar-refractivity contribution in [2.24, 2.45) is 0 Å². The van der Waals surface area contributed by atoms with Crippen LogP contribution in [-0.4, -0.2) is 15.9 Å². The molecule has 0 bridgehead atoms. The molecule has 0 aliphatic carbocycles. The van der Waals surface area contributed by atoms with Crippen molar-refractivity contribution in [1.82, 2.24) is 4.98 Å². The Kier molecular flexibility index (Phi) is 4.97. The van der Waals surface area contributed by atoms with Crippen LogP contribution in [0.5, 0.6) is 5.75 Å². The maximum atomic E-state index is 13.0. The zero-order chi connectivity index (χ0) is 18.8. The Hall–Kier alpha value is -2.84. The van der Waals surface area contributed by atoms with Gasteiger partial charge in [-0.1, -0.05) is 11.6 Å². The van der Waals surface area contributed by atoms with Crippen LogP contribution in [0, 0.1) is 22.9 Å². The minimum Gasteiger partial charge on any atom is -0.421 e. The van der Waals surface area contributed by atoms with Crippen LogP contribution in [0.4, 0.5) is 10.1 Å². The Morgan fingerprint density at radius 3 is 2.58 bits per heavy atom. The van der Waals surface area contributed by atoms with Gasteiger partial charge in [0.15, 0.2) is 0 Å². The van der Waals surface area contributed by atoms with Gasteiger partial charge in [0.2, 0.25) is 0 Å². The van der Waals surface area contributed by atoms with E-state index >= 15 is 0 Å². The second-order valence-corrected chi connectivity index (χ2v) is 6.61. The fourth-order valence-corrected chi connectivity index (χ4v) is 3.30. The third kappa shape index (κ3) is 3.71. The summed E-state index contributed by atoms with van der Waals surface area (Å²) in [6, 6.07) is 9.30. The van der Waals surface area contributed by atoms with Gasteiger partial charge in [-0.05, 0) is 37.3 Å². The number of thiazole rings is 1. The standard InChI is InChI=1S/C17H10ClFN2O4S/c1-9-15(26-16(20-9)10-2-4-11(19)5-3-10)17(22)25-14-7-6-12(21(23)24)8-13(14)18/h2-8H,1H3. The molecule has 1 aromatic heterocycles. The molecule has 0 amide bonds. The van der Waals surface area contributed by atoms with Crippen LogP contribution in [-0.2, 0) is 0 Å². The molecule has 0 saturated carbocycles. The van der Waals surface area contributed by atoms with Gasteiger partial charge < -0.3 is 4.74 Å². The summed E-state index contributed by atoms with van der Waals surface area (Å²) in [5.41, 5.74) is 0.923. The van der Waals surface area contributed by atoms with Gasteiger partial charge in [0.05, 0.1) is 15.6 Å². The Bertz CT molecular complexity index is 1000. The molecule has 2 aromatic carbocycles. The summed E-state index contributed by atoms with van der Waals surface area (Å²) in [6.45, 7) is 1.65. The number of ether oxygens (including phenoxy) is 1. The Morgan fingerprint density at radius 1 is 1.27 bits per heavy atom. The number of aromatic nitrogens is 1. The smallest absolute Gasteiger partial charge is 0.355 e. The molecule has 0 atom stereocenters. The molecule has 0 aliphatic heterocycles. The molecule has 1 heterocycles. The lowest BCUT2D eigenvalue weighted by Crippen LogP contribution is -2.08. The Balaban J connectivity index is 1.84. The number of nitro groups is 1. The molecule has 0 unspecified atom stereocenters. The van der Waals surface area contributed by atoms with Crippen LogP contribution in [0.1, 0.15) is 15.4 Å². The van der Waals surface area contributed by atoms with Crippen LogP contribution in [0.15, 0.2) is 42.5 Å². The van der Waals surface area contributed by atoms with E-state index in [0.717, 1.165) is 17.4 Å². The van der Waals surface area contributed by atoms with Crippen molar-refractivity contribution in [1.29, 1.82) is 0 Å². The quantitative estimate of drug-likeness (QED) is 0.269. The number of esters is 1. The first-order valence-electron chi connectivity index (χ1n) is 7.24. The van der Waals surface area contributed by atoms with E-state index in [-0.39, 0.29) is 27.2 Å². The zero-order valence-corrected chi connectivity index (χ0v) is 14.8. The maximum absolute atomic E-state index is 13.0. The first-order chi connectivity index (χ1) is 12.3. The minimum atomic E-state index is -0.677. The number of hydrogen-bond donors (Lipinski definition) is 0. The highest BCUT2D eigenvalue weighted by molar-refractivity contribution is 7.17. The minimum absolute atomic E-state index is 0.0124. The van der Waals surface area contributed by atoms with Crippen LogP contribution < -0.4 is 4.74 Å². The highest BCUT2D eigenvalue weighted by atomic mass is 35.5. The summed E-state index contributed by atoms with van der Waals surface area (Å²) in [5.74, 6) is -1.03. The highest BCUT2D eigenvalue weighted by Crippen LogP contribution is 2.32. The van der Waals surface area contributed by atoms with E-state index in [0.29, 0.717) is 16.3 Å². The van der Waals surface area contributed by atoms with Crippen molar-refractivity contribution in [3.63, 3.8) is 0 Å². The van der Waals surface area contributed by atoms with E-state index in [1.165, 1.54) is 24.3 Å². The lowest BCUT2D eigenvalue weighted by atomic mass is 10.2. The van der Waals surface area contributed by atoms with Crippen molar-refractivity contribution in [2.45, 2.75) is 6.92 Å². The number of benzene rings is 2. The average molecular weight is 393 g/mol. The summed E-state index contributed by atoms with van der Waals surface area (Å²) in [7, 11) is 0. The van der Waals surface area contributed by atoms with Crippen molar-refractivity contribution < 1.29 is 18.8 Å². The highest BCUT2D eigenvalue weighted by Gasteiger charge is 2.20. The second kappa shape index (κ2) is 7.19. The first-order valence-corrected chi connectivity index (χ1v) is 8.44. The number of aryl methyl sites for hydroxylation is 1. The molecule has 0 radical (unpaired) electrons. The molecule has 3 rings (SSSR count). The molecule has 0 saturated heterocycles. The van der Waals surface area contributed by atoms with E-state index in [4.69, 9.17) is 16.3 Å². The van der Waals surface area contributed by atoms with Crippen LogP contribution >= 0.6 is 22.9 Å². The van der Waals surface area contributed by atoms with Crippen LogP contribution in [0.2, 0.25) is 5.02 Å². The van der Waals surface area contributed by atoms with Crippen LogP contribution in [0.25, 0.3) is 10.6 Å². The van der Waals surface area contributed by atoms with Crippen molar-refractivity contribution in [2.75, 3.05) is 0 Å². The van der Waals surface area contributed by atoms with E-state index in [1.807, 2.05) is 0 Å². The largest absolute Gasteiger partial charge is 0.421 e. The van der Waals surface area contributed by atoms with Gasteiger partial charge in [0.25, 0.3) is 5.69 Å². The lowest BCUT2D eigenvalue weighted by Gasteiger charge is -2.05. The number of non-ortho nitro benzene ring substituents is 1. The predicted octanol–water partition coefficient (Wildman–Crippen LogP) is 5.04. The molecule has 0 N–H and O–H groups in total. The fourth-order valence-electron chi connectivity index (χ4n) is 2.13. The van der Waals surface area contributed by atoms with Crippen molar-refractivity contribution >= 4 is 34.6 Å². The van der Waals surface area contributed by atoms with Gasteiger partial charge in [-0.25, -0.2) is 14.2 Å². The van der Waals surface area contributed by atoms with Gasteiger partial charge >= 0.3 is 5.97 Å². The van der Waals surface area contributed by atoms with Gasteiger partial charge in [-0.15, -0.1) is 11.3 Å². The number of nitro benzene ring substituents is 1. The third-order valence-electron chi connectivity index (χ3n) is 3.40. The Labute approximate surface area is 156 Å². The molecule has 0 aliphatic rings. The molecule has 132 valence electrons. The lowest BCUT2D eigenvalue weighted by molar-refractivity contribution is -0.384. The molecule has 9 heteroatoms. The van der Waals surface area contributed by atoms with E-state index in [2.05, 4.69) is 4.98 Å².